The Morgan fingerprint density at radius 2 is 2.21 bits per heavy atom. The first-order valence-corrected chi connectivity index (χ1v) is 12.6. The number of thiophene rings is 1. The third kappa shape index (κ3) is 3.72. The number of hydrogen-bond donors (Lipinski definition) is 1. The van der Waals surface area contributed by atoms with Crippen molar-refractivity contribution in [2.75, 3.05) is 25.5 Å². The van der Waals surface area contributed by atoms with Crippen LogP contribution in [0.5, 0.6) is 5.75 Å². The van der Waals surface area contributed by atoms with Crippen LogP contribution in [0.25, 0.3) is 10.2 Å². The van der Waals surface area contributed by atoms with E-state index in [0.29, 0.717) is 25.9 Å². The number of ether oxygens (including phenoxy) is 1. The normalized spacial score (nSPS) is 21.4. The number of likely N-dealkylation sites (tertiary alicyclic amines) is 1. The van der Waals surface area contributed by atoms with Gasteiger partial charge in [-0.1, -0.05) is 0 Å². The van der Waals surface area contributed by atoms with Gasteiger partial charge in [0.1, 0.15) is 28.9 Å². The molecule has 2 aromatic heterocycles. The molecular weight excluding hydrogens is 453 g/mol. The summed E-state index contributed by atoms with van der Waals surface area (Å²) in [7, 11) is 1.66. The molecule has 9 heteroatoms. The van der Waals surface area contributed by atoms with E-state index in [4.69, 9.17) is 4.74 Å². The molecule has 7 nitrogen and oxygen atoms in total. The lowest BCUT2D eigenvalue weighted by molar-refractivity contribution is -0.138. The molecule has 1 unspecified atom stereocenters. The molecule has 0 radical (unpaired) electrons. The molecule has 2 atom stereocenters. The van der Waals surface area contributed by atoms with Crippen LogP contribution < -0.4 is 10.1 Å². The number of rotatable bonds is 4. The molecule has 1 saturated heterocycles. The molecule has 176 valence electrons. The predicted octanol–water partition coefficient (Wildman–Crippen LogP) is 4.44. The minimum Gasteiger partial charge on any atom is -0.495 e. The number of halogens is 1. The fraction of sp³-hybridized carbons (Fsp3) is 0.440. The second kappa shape index (κ2) is 8.61. The number of fused-ring (bicyclic) bond motifs is 4. The van der Waals surface area contributed by atoms with Crippen LogP contribution in [0.1, 0.15) is 40.8 Å². The van der Waals surface area contributed by atoms with Gasteiger partial charge in [0, 0.05) is 23.6 Å². The van der Waals surface area contributed by atoms with E-state index in [9.17, 15) is 9.18 Å². The molecule has 6 rings (SSSR count). The summed E-state index contributed by atoms with van der Waals surface area (Å²) in [6, 6.07) is 4.06. The van der Waals surface area contributed by atoms with Gasteiger partial charge in [0.25, 0.3) is 0 Å². The fourth-order valence-electron chi connectivity index (χ4n) is 5.33. The summed E-state index contributed by atoms with van der Waals surface area (Å²) < 4.78 is 19.5. The molecule has 1 amide bonds. The molecule has 3 aliphatic rings. The largest absolute Gasteiger partial charge is 0.495 e. The zero-order chi connectivity index (χ0) is 23.2. The van der Waals surface area contributed by atoms with Crippen LogP contribution in [0.4, 0.5) is 15.9 Å². The number of methoxy groups -OCH3 is 1. The van der Waals surface area contributed by atoms with Crippen molar-refractivity contribution in [2.24, 2.45) is 10.9 Å². The summed E-state index contributed by atoms with van der Waals surface area (Å²) in [6.45, 7) is 1.58. The quantitative estimate of drug-likeness (QED) is 0.598. The minimum atomic E-state index is -0.896. The Balaban J connectivity index is 1.30. The Hall–Kier alpha value is -3.07. The third-order valence-electron chi connectivity index (χ3n) is 7.08. The highest BCUT2D eigenvalue weighted by atomic mass is 32.1. The third-order valence-corrected chi connectivity index (χ3v) is 8.24. The van der Waals surface area contributed by atoms with Crippen molar-refractivity contribution < 1.29 is 13.9 Å². The van der Waals surface area contributed by atoms with Gasteiger partial charge in [-0.3, -0.25) is 9.79 Å². The first-order chi connectivity index (χ1) is 16.6. The minimum absolute atomic E-state index is 0.0914. The smallest absolute Gasteiger partial charge is 0.226 e. The number of aromatic nitrogens is 2. The first-order valence-electron chi connectivity index (χ1n) is 11.8. The van der Waals surface area contributed by atoms with Gasteiger partial charge in [0.2, 0.25) is 5.91 Å². The maximum atomic E-state index is 13.9. The molecule has 34 heavy (non-hydrogen) atoms. The van der Waals surface area contributed by atoms with Crippen LogP contribution in [0.3, 0.4) is 0 Å². The number of carbonyl (C=O) groups is 1. The van der Waals surface area contributed by atoms with Gasteiger partial charge in [0.15, 0.2) is 0 Å². The van der Waals surface area contributed by atoms with Crippen molar-refractivity contribution in [3.05, 3.63) is 40.0 Å². The SMILES string of the molecule is COc1cc2c(cc1Nc1ncnc3sc4c(c13)CC[C@H](C(=O)N1CCCC(F)C1)C4)C=NC2. The molecular formula is C25H26FN5O2S. The van der Waals surface area contributed by atoms with Crippen molar-refractivity contribution >= 4 is 45.2 Å². The van der Waals surface area contributed by atoms with Gasteiger partial charge in [-0.05, 0) is 60.9 Å². The summed E-state index contributed by atoms with van der Waals surface area (Å²) in [5.74, 6) is 1.50. The second-order valence-electron chi connectivity index (χ2n) is 9.22. The van der Waals surface area contributed by atoms with Crippen LogP contribution in [0.15, 0.2) is 23.5 Å². The lowest BCUT2D eigenvalue weighted by Crippen LogP contribution is -2.44. The lowest BCUT2D eigenvalue weighted by atomic mass is 9.86. The summed E-state index contributed by atoms with van der Waals surface area (Å²) in [5.41, 5.74) is 4.28. The number of aliphatic imine (C=N–C) groups is 1. The van der Waals surface area contributed by atoms with Gasteiger partial charge in [-0.15, -0.1) is 11.3 Å². The zero-order valence-electron chi connectivity index (χ0n) is 19.0. The van der Waals surface area contributed by atoms with Crippen LogP contribution in [-0.2, 0) is 24.2 Å². The van der Waals surface area contributed by atoms with Gasteiger partial charge in [-0.25, -0.2) is 14.4 Å². The van der Waals surface area contributed by atoms with Gasteiger partial charge >= 0.3 is 0 Å². The van der Waals surface area contributed by atoms with Gasteiger partial charge in [0.05, 0.1) is 31.3 Å². The molecule has 0 spiro atoms. The molecule has 2 aliphatic heterocycles. The van der Waals surface area contributed by atoms with Crippen molar-refractivity contribution in [1.29, 1.82) is 0 Å². The summed E-state index contributed by atoms with van der Waals surface area (Å²) in [4.78, 5) is 30.4. The number of alkyl halides is 1. The Bertz CT molecular complexity index is 1310. The highest BCUT2D eigenvalue weighted by Crippen LogP contribution is 2.42. The van der Waals surface area contributed by atoms with E-state index >= 15 is 0 Å². The average Bonchev–Trinajstić information content (AvgIpc) is 3.46. The highest BCUT2D eigenvalue weighted by Gasteiger charge is 2.33. The number of aryl methyl sites for hydroxylation is 1. The number of amides is 1. The van der Waals surface area contributed by atoms with E-state index in [1.807, 2.05) is 18.3 Å². The average molecular weight is 480 g/mol. The monoisotopic (exact) mass is 479 g/mol. The lowest BCUT2D eigenvalue weighted by Gasteiger charge is -2.33. The van der Waals surface area contributed by atoms with E-state index in [-0.39, 0.29) is 18.4 Å². The Morgan fingerprint density at radius 1 is 1.29 bits per heavy atom. The van der Waals surface area contributed by atoms with E-state index < -0.39 is 6.17 Å². The Labute approximate surface area is 201 Å². The summed E-state index contributed by atoms with van der Waals surface area (Å²) in [6.07, 6.45) is 6.10. The maximum Gasteiger partial charge on any atom is 0.226 e. The molecule has 1 aromatic carbocycles. The Morgan fingerprint density at radius 3 is 3.06 bits per heavy atom. The maximum absolute atomic E-state index is 13.9. The van der Waals surface area contributed by atoms with Gasteiger partial charge in [-0.2, -0.15) is 0 Å². The first kappa shape index (κ1) is 21.5. The second-order valence-corrected chi connectivity index (χ2v) is 10.3. The highest BCUT2D eigenvalue weighted by molar-refractivity contribution is 7.19. The van der Waals surface area contributed by atoms with Crippen molar-refractivity contribution in [1.82, 2.24) is 14.9 Å². The number of carbonyl (C=O) groups excluding carboxylic acids is 1. The van der Waals surface area contributed by atoms with Gasteiger partial charge < -0.3 is 15.0 Å². The molecule has 4 heterocycles. The van der Waals surface area contributed by atoms with Crippen molar-refractivity contribution in [3.8, 4) is 5.75 Å². The van der Waals surface area contributed by atoms with E-state index in [1.54, 1.807) is 29.7 Å². The van der Waals surface area contributed by atoms with E-state index in [2.05, 4.69) is 20.3 Å². The van der Waals surface area contributed by atoms with Crippen LogP contribution in [0.2, 0.25) is 0 Å². The number of piperidine rings is 1. The van der Waals surface area contributed by atoms with Crippen LogP contribution in [-0.4, -0.2) is 53.4 Å². The van der Waals surface area contributed by atoms with Crippen molar-refractivity contribution in [2.45, 2.75) is 44.8 Å². The number of benzene rings is 1. The number of anilines is 2. The molecule has 0 saturated carbocycles. The fourth-order valence-corrected chi connectivity index (χ4v) is 6.60. The number of nitrogens with zero attached hydrogens (tertiary/aromatic N) is 4. The number of hydrogen-bond acceptors (Lipinski definition) is 7. The van der Waals surface area contributed by atoms with Crippen LogP contribution in [0, 0.1) is 5.92 Å². The topological polar surface area (TPSA) is 79.7 Å². The molecule has 0 bridgehead atoms. The molecule has 1 fully saturated rings. The number of nitrogens with one attached hydrogen (secondary N) is 1. The molecule has 1 N–H and O–H groups in total. The molecule has 1 aliphatic carbocycles. The predicted molar refractivity (Wildman–Crippen MR) is 131 cm³/mol. The van der Waals surface area contributed by atoms with E-state index in [0.717, 1.165) is 57.9 Å². The molecule has 3 aromatic rings. The Kier molecular flexibility index (Phi) is 5.44. The summed E-state index contributed by atoms with van der Waals surface area (Å²) >= 11 is 1.63. The summed E-state index contributed by atoms with van der Waals surface area (Å²) in [5, 5.41) is 4.49. The van der Waals surface area contributed by atoms with E-state index in [1.165, 1.54) is 10.4 Å². The standard InChI is InChI=1S/C25H26FN5O2S/c1-33-20-8-16-11-27-10-15(16)7-19(20)30-23-22-18-5-4-14(9-21(18)34-24(22)29-13-28-23)25(32)31-6-2-3-17(26)12-31/h7-8,10,13-14,17H,2-6,9,11-12H2,1H3,(H,28,29,30)/t14-,17?/m0/s1. The van der Waals surface area contributed by atoms with Crippen LogP contribution >= 0.6 is 11.3 Å². The van der Waals surface area contributed by atoms with Crippen molar-refractivity contribution in [3.63, 3.8) is 0 Å². The zero-order valence-corrected chi connectivity index (χ0v) is 19.8.